The molecule has 1 N–H and O–H groups in total. The number of benzene rings is 1. The van der Waals surface area contributed by atoms with Crippen LogP contribution in [0.4, 0.5) is 5.82 Å². The van der Waals surface area contributed by atoms with Gasteiger partial charge < -0.3 is 25.1 Å². The van der Waals surface area contributed by atoms with Crippen molar-refractivity contribution in [1.29, 1.82) is 0 Å². The van der Waals surface area contributed by atoms with E-state index in [0.717, 1.165) is 0 Å². The van der Waals surface area contributed by atoms with Gasteiger partial charge in [-0.2, -0.15) is 0 Å². The molecule has 0 unspecified atom stereocenters. The Balaban J connectivity index is 2.33. The van der Waals surface area contributed by atoms with Crippen LogP contribution in [0.2, 0.25) is 0 Å². The first kappa shape index (κ1) is 12.7. The fourth-order valence-corrected chi connectivity index (χ4v) is 1.64. The molecule has 0 spiro atoms. The van der Waals surface area contributed by atoms with E-state index in [9.17, 15) is 19.8 Å². The van der Waals surface area contributed by atoms with Crippen LogP contribution in [0.15, 0.2) is 30.6 Å². The molecule has 0 amide bonds. The normalized spacial score (nSPS) is 12.0. The molecule has 98 valence electrons. The first-order chi connectivity index (χ1) is 9.08. The summed E-state index contributed by atoms with van der Waals surface area (Å²) >= 11 is 0. The second kappa shape index (κ2) is 5.30. The lowest BCUT2D eigenvalue weighted by Crippen LogP contribution is -2.44. The van der Waals surface area contributed by atoms with Gasteiger partial charge in [-0.05, 0) is 12.1 Å². The largest absolute Gasteiger partial charge is 0.550 e. The summed E-state index contributed by atoms with van der Waals surface area (Å²) in [6, 6.07) is 5.53. The van der Waals surface area contributed by atoms with Gasteiger partial charge in [-0.25, -0.2) is 9.97 Å². The maximum absolute atomic E-state index is 10.9. The van der Waals surface area contributed by atoms with Gasteiger partial charge in [-0.15, -0.1) is 0 Å². The number of carboxylic acids is 2. The molecule has 1 heterocycles. The Morgan fingerprint density at radius 2 is 1.95 bits per heavy atom. The summed E-state index contributed by atoms with van der Waals surface area (Å²) in [5.41, 5.74) is 0.616. The summed E-state index contributed by atoms with van der Waals surface area (Å²) in [7, 11) is 0. The number of fused-ring (bicyclic) bond motifs is 1. The van der Waals surface area contributed by atoms with Crippen molar-refractivity contribution >= 4 is 28.7 Å². The smallest absolute Gasteiger partial charge is 0.137 e. The van der Waals surface area contributed by atoms with E-state index in [1.165, 1.54) is 6.33 Å². The molecule has 1 aromatic heterocycles. The number of anilines is 1. The highest BCUT2D eigenvalue weighted by molar-refractivity contribution is 5.91. The fourth-order valence-electron chi connectivity index (χ4n) is 1.64. The van der Waals surface area contributed by atoms with E-state index in [1.807, 2.05) is 0 Å². The average molecular weight is 259 g/mol. The summed E-state index contributed by atoms with van der Waals surface area (Å²) in [4.78, 5) is 29.3. The molecule has 1 aromatic carbocycles. The van der Waals surface area contributed by atoms with Crippen LogP contribution in [0.5, 0.6) is 0 Å². The third kappa shape index (κ3) is 2.95. The zero-order chi connectivity index (χ0) is 13.8. The van der Waals surface area contributed by atoms with Crippen molar-refractivity contribution in [2.24, 2.45) is 0 Å². The lowest BCUT2D eigenvalue weighted by molar-refractivity contribution is -0.316. The van der Waals surface area contributed by atoms with Gasteiger partial charge in [0.15, 0.2) is 0 Å². The number of rotatable bonds is 5. The molecule has 0 aliphatic rings. The van der Waals surface area contributed by atoms with Crippen LogP contribution in [0.1, 0.15) is 6.42 Å². The number of hydrogen-bond acceptors (Lipinski definition) is 7. The molecule has 1 atom stereocenters. The molecule has 7 nitrogen and oxygen atoms in total. The first-order valence-electron chi connectivity index (χ1n) is 5.45. The number of carbonyl (C=O) groups is 2. The Labute approximate surface area is 107 Å². The van der Waals surface area contributed by atoms with Crippen molar-refractivity contribution in [3.05, 3.63) is 30.6 Å². The minimum Gasteiger partial charge on any atom is -0.550 e. The number of para-hydroxylation sites is 1. The van der Waals surface area contributed by atoms with Crippen molar-refractivity contribution < 1.29 is 19.8 Å². The highest BCUT2D eigenvalue weighted by atomic mass is 16.4. The number of carboxylic acid groups (broad SMARTS) is 2. The molecule has 0 radical (unpaired) electrons. The van der Waals surface area contributed by atoms with Gasteiger partial charge in [0.05, 0.1) is 17.5 Å². The number of nitrogens with zero attached hydrogens (tertiary/aromatic N) is 2. The van der Waals surface area contributed by atoms with E-state index in [2.05, 4.69) is 15.3 Å². The highest BCUT2D eigenvalue weighted by Gasteiger charge is 2.12. The van der Waals surface area contributed by atoms with Crippen LogP contribution < -0.4 is 15.5 Å². The summed E-state index contributed by atoms with van der Waals surface area (Å²) in [6.45, 7) is 0. The molecule has 0 saturated carbocycles. The van der Waals surface area contributed by atoms with Crippen molar-refractivity contribution in [2.75, 3.05) is 5.32 Å². The molecular weight excluding hydrogens is 250 g/mol. The van der Waals surface area contributed by atoms with Gasteiger partial charge in [-0.1, -0.05) is 12.1 Å². The number of hydrogen-bond donors (Lipinski definition) is 1. The fraction of sp³-hybridized carbons (Fsp3) is 0.167. The molecule has 7 heteroatoms. The lowest BCUT2D eigenvalue weighted by atomic mass is 10.2. The Hall–Kier alpha value is -2.70. The van der Waals surface area contributed by atoms with E-state index in [1.54, 1.807) is 24.3 Å². The van der Waals surface area contributed by atoms with Gasteiger partial charge in [0.25, 0.3) is 0 Å². The van der Waals surface area contributed by atoms with E-state index in [4.69, 9.17) is 0 Å². The minimum atomic E-state index is -1.54. The van der Waals surface area contributed by atoms with Gasteiger partial charge in [0, 0.05) is 17.8 Å². The monoisotopic (exact) mass is 259 g/mol. The minimum absolute atomic E-state index is 0.237. The quantitative estimate of drug-likeness (QED) is 0.679. The molecule has 0 fully saturated rings. The van der Waals surface area contributed by atoms with Gasteiger partial charge >= 0.3 is 0 Å². The van der Waals surface area contributed by atoms with Gasteiger partial charge in [0.2, 0.25) is 0 Å². The first-order valence-corrected chi connectivity index (χ1v) is 5.45. The van der Waals surface area contributed by atoms with Crippen LogP contribution in [0.3, 0.4) is 0 Å². The van der Waals surface area contributed by atoms with Crippen molar-refractivity contribution in [3.8, 4) is 0 Å². The Morgan fingerprint density at radius 1 is 1.21 bits per heavy atom. The maximum Gasteiger partial charge on any atom is 0.137 e. The van der Waals surface area contributed by atoms with E-state index in [-0.39, 0.29) is 5.82 Å². The number of carbonyl (C=O) groups excluding carboxylic acids is 2. The van der Waals surface area contributed by atoms with Crippen LogP contribution >= 0.6 is 0 Å². The molecule has 0 aliphatic heterocycles. The average Bonchev–Trinajstić information content (AvgIpc) is 2.37. The van der Waals surface area contributed by atoms with Crippen molar-refractivity contribution in [2.45, 2.75) is 12.5 Å². The Morgan fingerprint density at radius 3 is 2.63 bits per heavy atom. The number of aromatic nitrogens is 2. The molecule has 2 rings (SSSR count). The maximum atomic E-state index is 10.9. The van der Waals surface area contributed by atoms with Gasteiger partial charge in [-0.3, -0.25) is 0 Å². The van der Waals surface area contributed by atoms with Crippen LogP contribution in [-0.4, -0.2) is 27.9 Å². The van der Waals surface area contributed by atoms with E-state index in [0.29, 0.717) is 10.9 Å². The number of nitrogens with one attached hydrogen (secondary N) is 1. The number of aliphatic carboxylic acids is 2. The second-order valence-electron chi connectivity index (χ2n) is 3.83. The molecule has 0 bridgehead atoms. The SMILES string of the molecule is O=C([O-])C[C@H](Nc1ncnc2ccccc12)C(=O)[O-]. The summed E-state index contributed by atoms with van der Waals surface area (Å²) in [5.74, 6) is -2.78. The van der Waals surface area contributed by atoms with Crippen LogP contribution in [0, 0.1) is 0 Å². The molecule has 0 saturated heterocycles. The van der Waals surface area contributed by atoms with E-state index < -0.39 is 24.4 Å². The highest BCUT2D eigenvalue weighted by Crippen LogP contribution is 2.19. The predicted molar refractivity (Wildman–Crippen MR) is 61.6 cm³/mol. The Kier molecular flexibility index (Phi) is 3.56. The zero-order valence-corrected chi connectivity index (χ0v) is 9.70. The molecular formula is C12H9N3O4-2. The molecule has 19 heavy (non-hydrogen) atoms. The standard InChI is InChI=1S/C12H11N3O4/c16-10(17)5-9(12(18)19)15-11-7-3-1-2-4-8(7)13-6-14-11/h1-4,6,9H,5H2,(H,16,17)(H,18,19)(H,13,14,15)/p-2/t9-/m0/s1. The summed E-state index contributed by atoms with van der Waals surface area (Å²) in [6.07, 6.45) is 0.552. The van der Waals surface area contributed by atoms with Crippen molar-refractivity contribution in [3.63, 3.8) is 0 Å². The van der Waals surface area contributed by atoms with Crippen LogP contribution in [0.25, 0.3) is 10.9 Å². The van der Waals surface area contributed by atoms with Crippen molar-refractivity contribution in [1.82, 2.24) is 9.97 Å². The summed E-state index contributed by atoms with van der Waals surface area (Å²) in [5, 5.41) is 24.5. The molecule has 0 aliphatic carbocycles. The lowest BCUT2D eigenvalue weighted by Gasteiger charge is -2.21. The second-order valence-corrected chi connectivity index (χ2v) is 3.83. The van der Waals surface area contributed by atoms with E-state index >= 15 is 0 Å². The Bertz CT molecular complexity index is 624. The van der Waals surface area contributed by atoms with Crippen LogP contribution in [-0.2, 0) is 9.59 Å². The predicted octanol–water partition coefficient (Wildman–Crippen LogP) is -1.70. The zero-order valence-electron chi connectivity index (χ0n) is 9.70. The third-order valence-electron chi connectivity index (χ3n) is 2.51. The summed E-state index contributed by atoms with van der Waals surface area (Å²) < 4.78 is 0. The topological polar surface area (TPSA) is 118 Å². The van der Waals surface area contributed by atoms with Gasteiger partial charge in [0.1, 0.15) is 12.1 Å². The molecule has 2 aromatic rings. The third-order valence-corrected chi connectivity index (χ3v) is 2.51.